The number of rotatable bonds is 6. The lowest BCUT2D eigenvalue weighted by molar-refractivity contribution is -0.136. The van der Waals surface area contributed by atoms with Gasteiger partial charge in [0.25, 0.3) is 5.88 Å². The van der Waals surface area contributed by atoms with Crippen molar-refractivity contribution in [3.63, 3.8) is 0 Å². The van der Waals surface area contributed by atoms with Gasteiger partial charge in [0.2, 0.25) is 5.91 Å². The minimum atomic E-state index is 0.0258. The molecule has 0 unspecified atom stereocenters. The second kappa shape index (κ2) is 10.8. The smallest absolute Gasteiger partial charge is 0.263 e. The van der Waals surface area contributed by atoms with E-state index in [1.807, 2.05) is 59.5 Å². The summed E-state index contributed by atoms with van der Waals surface area (Å²) >= 11 is 0. The molecule has 36 heavy (non-hydrogen) atoms. The van der Waals surface area contributed by atoms with E-state index in [9.17, 15) is 9.59 Å². The molecule has 0 aliphatic carbocycles. The zero-order valence-corrected chi connectivity index (χ0v) is 20.5. The number of carbonyl (C=O) groups is 2. The molecule has 2 aliphatic heterocycles. The molecular formula is C28H31N5O3. The molecular weight excluding hydrogens is 454 g/mol. The van der Waals surface area contributed by atoms with E-state index < -0.39 is 0 Å². The summed E-state index contributed by atoms with van der Waals surface area (Å²) in [6.07, 6.45) is 4.88. The number of hydrogen-bond donors (Lipinski definition) is 0. The molecule has 1 amide bonds. The van der Waals surface area contributed by atoms with Gasteiger partial charge in [-0.15, -0.1) is 0 Å². The fourth-order valence-electron chi connectivity index (χ4n) is 4.90. The molecule has 0 bridgehead atoms. The van der Waals surface area contributed by atoms with E-state index in [2.05, 4.69) is 19.8 Å². The molecule has 3 heterocycles. The lowest BCUT2D eigenvalue weighted by Crippen LogP contribution is -2.51. The molecule has 8 heteroatoms. The lowest BCUT2D eigenvalue weighted by Gasteiger charge is -2.39. The van der Waals surface area contributed by atoms with Crippen molar-refractivity contribution < 1.29 is 14.3 Å². The van der Waals surface area contributed by atoms with Gasteiger partial charge in [-0.1, -0.05) is 18.2 Å². The van der Waals surface area contributed by atoms with E-state index in [-0.39, 0.29) is 17.6 Å². The van der Waals surface area contributed by atoms with Gasteiger partial charge in [0.05, 0.1) is 0 Å². The monoisotopic (exact) mass is 485 g/mol. The summed E-state index contributed by atoms with van der Waals surface area (Å²) in [6.45, 7) is 6.08. The van der Waals surface area contributed by atoms with E-state index in [4.69, 9.17) is 4.74 Å². The first-order chi connectivity index (χ1) is 17.6. The average Bonchev–Trinajstić information content (AvgIpc) is 2.94. The summed E-state index contributed by atoms with van der Waals surface area (Å²) in [5, 5.41) is 0. The summed E-state index contributed by atoms with van der Waals surface area (Å²) in [7, 11) is 0. The van der Waals surface area contributed by atoms with E-state index in [0.717, 1.165) is 61.8 Å². The van der Waals surface area contributed by atoms with Gasteiger partial charge in [0.1, 0.15) is 5.75 Å². The molecule has 0 N–H and O–H groups in total. The van der Waals surface area contributed by atoms with Crippen LogP contribution in [0.1, 0.15) is 30.1 Å². The molecule has 0 atom stereocenters. The van der Waals surface area contributed by atoms with Crippen LogP contribution in [0, 0.1) is 5.92 Å². The van der Waals surface area contributed by atoms with Gasteiger partial charge >= 0.3 is 0 Å². The summed E-state index contributed by atoms with van der Waals surface area (Å²) in [6, 6.07) is 17.3. The Labute approximate surface area is 211 Å². The van der Waals surface area contributed by atoms with Crippen molar-refractivity contribution in [3.8, 4) is 11.6 Å². The first-order valence-electron chi connectivity index (χ1n) is 12.5. The Kier molecular flexibility index (Phi) is 7.11. The maximum absolute atomic E-state index is 13.3. The number of amides is 1. The molecule has 3 aromatic rings. The Morgan fingerprint density at radius 1 is 0.806 bits per heavy atom. The highest BCUT2D eigenvalue weighted by Crippen LogP contribution is 2.31. The van der Waals surface area contributed by atoms with Crippen LogP contribution in [0.4, 0.5) is 11.5 Å². The van der Waals surface area contributed by atoms with Crippen molar-refractivity contribution in [2.45, 2.75) is 19.8 Å². The minimum Gasteiger partial charge on any atom is -0.436 e. The Bertz CT molecular complexity index is 1190. The van der Waals surface area contributed by atoms with Crippen LogP contribution < -0.4 is 14.5 Å². The molecule has 2 fully saturated rings. The van der Waals surface area contributed by atoms with Gasteiger partial charge in [-0.05, 0) is 56.2 Å². The Balaban J connectivity index is 1.14. The van der Waals surface area contributed by atoms with E-state index in [1.54, 1.807) is 19.3 Å². The second-order valence-electron chi connectivity index (χ2n) is 9.28. The quantitative estimate of drug-likeness (QED) is 0.488. The Morgan fingerprint density at radius 3 is 2.14 bits per heavy atom. The number of piperidine rings is 1. The minimum absolute atomic E-state index is 0.0258. The molecule has 1 aromatic heterocycles. The number of piperazine rings is 1. The lowest BCUT2D eigenvalue weighted by atomic mass is 9.95. The third-order valence-electron chi connectivity index (χ3n) is 6.98. The number of ketones is 1. The van der Waals surface area contributed by atoms with E-state index in [0.29, 0.717) is 19.0 Å². The third kappa shape index (κ3) is 5.32. The number of hydrogen-bond acceptors (Lipinski definition) is 7. The first-order valence-corrected chi connectivity index (χ1v) is 12.5. The SMILES string of the molecule is CC(=O)c1ccc(N2CCN(C(=O)C3CCN(c4nccnc4Oc4ccccc4)CC3)CC2)cc1. The summed E-state index contributed by atoms with van der Waals surface area (Å²) in [5.74, 6) is 2.28. The van der Waals surface area contributed by atoms with Gasteiger partial charge in [-0.2, -0.15) is 0 Å². The molecule has 2 aliphatic rings. The van der Waals surface area contributed by atoms with Gasteiger partial charge in [-0.3, -0.25) is 9.59 Å². The summed E-state index contributed by atoms with van der Waals surface area (Å²) < 4.78 is 5.99. The van der Waals surface area contributed by atoms with Crippen LogP contribution in [0.15, 0.2) is 67.0 Å². The van der Waals surface area contributed by atoms with Crippen LogP contribution in [-0.2, 0) is 4.79 Å². The highest BCUT2D eigenvalue weighted by molar-refractivity contribution is 5.94. The van der Waals surface area contributed by atoms with Crippen LogP contribution in [-0.4, -0.2) is 65.8 Å². The molecule has 2 aromatic carbocycles. The maximum Gasteiger partial charge on any atom is 0.263 e. The first kappa shape index (κ1) is 23.8. The number of anilines is 2. The fraction of sp³-hybridized carbons (Fsp3) is 0.357. The van der Waals surface area contributed by atoms with Crippen molar-refractivity contribution in [2.24, 2.45) is 5.92 Å². The molecule has 2 saturated heterocycles. The van der Waals surface area contributed by atoms with Crippen LogP contribution in [0.25, 0.3) is 0 Å². The maximum atomic E-state index is 13.3. The van der Waals surface area contributed by atoms with Gasteiger partial charge in [0, 0.05) is 68.8 Å². The van der Waals surface area contributed by atoms with Crippen molar-refractivity contribution in [1.29, 1.82) is 0 Å². The van der Waals surface area contributed by atoms with Gasteiger partial charge in [0.15, 0.2) is 11.6 Å². The van der Waals surface area contributed by atoms with Crippen molar-refractivity contribution in [1.82, 2.24) is 14.9 Å². The van der Waals surface area contributed by atoms with E-state index in [1.165, 1.54) is 0 Å². The second-order valence-corrected chi connectivity index (χ2v) is 9.28. The van der Waals surface area contributed by atoms with Crippen molar-refractivity contribution in [2.75, 3.05) is 49.1 Å². The number of carbonyl (C=O) groups excluding carboxylic acids is 2. The zero-order valence-electron chi connectivity index (χ0n) is 20.5. The predicted molar refractivity (Wildman–Crippen MR) is 139 cm³/mol. The molecule has 0 spiro atoms. The molecule has 0 saturated carbocycles. The van der Waals surface area contributed by atoms with Crippen LogP contribution in [0.3, 0.4) is 0 Å². The molecule has 186 valence electrons. The van der Waals surface area contributed by atoms with Gasteiger partial charge in [-0.25, -0.2) is 9.97 Å². The van der Waals surface area contributed by atoms with Crippen LogP contribution in [0.5, 0.6) is 11.6 Å². The zero-order chi connectivity index (χ0) is 24.9. The fourth-order valence-corrected chi connectivity index (χ4v) is 4.90. The Morgan fingerprint density at radius 2 is 1.47 bits per heavy atom. The number of aromatic nitrogens is 2. The number of Topliss-reactive ketones (excluding diaryl/α,β-unsaturated/α-hetero) is 1. The summed E-state index contributed by atoms with van der Waals surface area (Å²) in [4.78, 5) is 40.2. The molecule has 5 rings (SSSR count). The number of nitrogens with zero attached hydrogens (tertiary/aromatic N) is 5. The highest BCUT2D eigenvalue weighted by atomic mass is 16.5. The van der Waals surface area contributed by atoms with Gasteiger partial charge < -0.3 is 19.4 Å². The number of benzene rings is 2. The normalized spacial score (nSPS) is 16.6. The molecule has 8 nitrogen and oxygen atoms in total. The Hall–Kier alpha value is -3.94. The highest BCUT2D eigenvalue weighted by Gasteiger charge is 2.31. The van der Waals surface area contributed by atoms with Crippen LogP contribution >= 0.6 is 0 Å². The predicted octanol–water partition coefficient (Wildman–Crippen LogP) is 4.04. The number of ether oxygens (including phenoxy) is 1. The van der Waals surface area contributed by atoms with Crippen molar-refractivity contribution >= 4 is 23.2 Å². The van der Waals surface area contributed by atoms with E-state index >= 15 is 0 Å². The third-order valence-corrected chi connectivity index (χ3v) is 6.98. The topological polar surface area (TPSA) is 78.9 Å². The average molecular weight is 486 g/mol. The van der Waals surface area contributed by atoms with Crippen LogP contribution in [0.2, 0.25) is 0 Å². The van der Waals surface area contributed by atoms with Crippen molar-refractivity contribution in [3.05, 3.63) is 72.6 Å². The molecule has 0 radical (unpaired) electrons. The summed E-state index contributed by atoms with van der Waals surface area (Å²) in [5.41, 5.74) is 1.82. The standard InChI is InChI=1S/C28H31N5O3/c1-21(34)22-7-9-24(10-8-22)31-17-19-33(20-18-31)28(35)23-11-15-32(16-12-23)26-27(30-14-13-29-26)36-25-5-3-2-4-6-25/h2-10,13-14,23H,11-12,15-20H2,1H3. The largest absolute Gasteiger partial charge is 0.436 e. The number of para-hydroxylation sites is 1.